The van der Waals surface area contributed by atoms with Crippen molar-refractivity contribution in [2.24, 2.45) is 0 Å². The zero-order chi connectivity index (χ0) is 13.2. The van der Waals surface area contributed by atoms with E-state index in [0.717, 1.165) is 25.8 Å². The van der Waals surface area contributed by atoms with Crippen molar-refractivity contribution in [3.63, 3.8) is 0 Å². The third-order valence-electron chi connectivity index (χ3n) is 2.97. The van der Waals surface area contributed by atoms with Crippen LogP contribution in [0.25, 0.3) is 0 Å². The second kappa shape index (κ2) is 5.73. The number of hydrogen-bond acceptors (Lipinski definition) is 4. The highest BCUT2D eigenvalue weighted by Crippen LogP contribution is 2.28. The number of nitrogens with one attached hydrogen (secondary N) is 2. The van der Waals surface area contributed by atoms with Gasteiger partial charge in [-0.15, -0.1) is 0 Å². The van der Waals surface area contributed by atoms with Crippen LogP contribution in [0.4, 0.5) is 0 Å². The molecule has 1 aromatic rings. The first-order valence-electron chi connectivity index (χ1n) is 6.04. The quantitative estimate of drug-likeness (QED) is 0.833. The largest absolute Gasteiger partial charge is 0.452 e. The van der Waals surface area contributed by atoms with Gasteiger partial charge in [0, 0.05) is 12.1 Å². The minimum atomic E-state index is -3.47. The first-order chi connectivity index (χ1) is 8.53. The Kier molecular flexibility index (Phi) is 4.47. The summed E-state index contributed by atoms with van der Waals surface area (Å²) in [5, 5.41) is 3.09. The normalized spacial score (nSPS) is 16.8. The van der Waals surface area contributed by atoms with Gasteiger partial charge < -0.3 is 9.73 Å². The van der Waals surface area contributed by atoms with Crippen molar-refractivity contribution >= 4 is 26.0 Å². The fraction of sp³-hybridized carbons (Fsp3) is 0.636. The number of hydrogen-bond donors (Lipinski definition) is 2. The maximum absolute atomic E-state index is 12.1. The maximum Gasteiger partial charge on any atom is 0.245 e. The Bertz CT molecular complexity index is 508. The van der Waals surface area contributed by atoms with Gasteiger partial charge in [0.1, 0.15) is 10.7 Å². The number of rotatable bonds is 6. The molecule has 0 saturated heterocycles. The highest BCUT2D eigenvalue weighted by Gasteiger charge is 2.28. The molecule has 0 bridgehead atoms. The van der Waals surface area contributed by atoms with Gasteiger partial charge in [0.15, 0.2) is 4.67 Å². The third-order valence-corrected chi connectivity index (χ3v) is 5.35. The highest BCUT2D eigenvalue weighted by atomic mass is 79.9. The second-order valence-corrected chi connectivity index (χ2v) is 6.78. The fourth-order valence-corrected chi connectivity index (χ4v) is 4.03. The molecule has 0 radical (unpaired) electrons. The van der Waals surface area contributed by atoms with Crippen LogP contribution in [0.15, 0.2) is 20.0 Å². The molecule has 102 valence electrons. The Morgan fingerprint density at radius 1 is 1.50 bits per heavy atom. The van der Waals surface area contributed by atoms with E-state index >= 15 is 0 Å². The van der Waals surface area contributed by atoms with Gasteiger partial charge >= 0.3 is 0 Å². The van der Waals surface area contributed by atoms with Crippen molar-refractivity contribution in [3.8, 4) is 0 Å². The van der Waals surface area contributed by atoms with Crippen LogP contribution in [0.3, 0.4) is 0 Å². The first-order valence-corrected chi connectivity index (χ1v) is 8.32. The smallest absolute Gasteiger partial charge is 0.245 e. The van der Waals surface area contributed by atoms with E-state index in [2.05, 4.69) is 26.0 Å². The van der Waals surface area contributed by atoms with Gasteiger partial charge in [0.05, 0.1) is 6.54 Å². The van der Waals surface area contributed by atoms with Gasteiger partial charge in [-0.2, -0.15) is 0 Å². The molecule has 18 heavy (non-hydrogen) atoms. The molecule has 0 spiro atoms. The average molecular weight is 337 g/mol. The molecular weight excluding hydrogens is 320 g/mol. The Hall–Kier alpha value is -0.370. The summed E-state index contributed by atoms with van der Waals surface area (Å²) in [4.78, 5) is 0.183. The van der Waals surface area contributed by atoms with Crippen LogP contribution < -0.4 is 10.0 Å². The van der Waals surface area contributed by atoms with E-state index in [4.69, 9.17) is 4.42 Å². The minimum Gasteiger partial charge on any atom is -0.452 e. The van der Waals surface area contributed by atoms with E-state index in [1.807, 2.05) is 6.92 Å². The molecule has 0 aliphatic heterocycles. The molecule has 7 heteroatoms. The number of halogens is 1. The van der Waals surface area contributed by atoms with Crippen LogP contribution in [0.1, 0.15) is 31.9 Å². The molecular formula is C11H17BrN2O3S. The topological polar surface area (TPSA) is 71.3 Å². The molecule has 1 saturated carbocycles. The SMILES string of the molecule is CCNCc1cc(S(=O)(=O)NC2CCC2)c(Br)o1. The molecule has 0 atom stereocenters. The van der Waals surface area contributed by atoms with Crippen molar-refractivity contribution in [1.29, 1.82) is 0 Å². The van der Waals surface area contributed by atoms with Crippen molar-refractivity contribution in [1.82, 2.24) is 10.0 Å². The Labute approximate surface area is 116 Å². The summed E-state index contributed by atoms with van der Waals surface area (Å²) in [6.45, 7) is 3.31. The van der Waals surface area contributed by atoms with Crippen LogP contribution >= 0.6 is 15.9 Å². The lowest BCUT2D eigenvalue weighted by Crippen LogP contribution is -2.39. The van der Waals surface area contributed by atoms with Crippen molar-refractivity contribution in [2.45, 2.75) is 43.7 Å². The molecule has 5 nitrogen and oxygen atoms in total. The predicted octanol–water partition coefficient (Wildman–Crippen LogP) is 1.98. The summed E-state index contributed by atoms with van der Waals surface area (Å²) < 4.78 is 32.6. The third kappa shape index (κ3) is 3.14. The molecule has 0 amide bonds. The van der Waals surface area contributed by atoms with E-state index in [1.54, 1.807) is 6.07 Å². The van der Waals surface area contributed by atoms with E-state index in [0.29, 0.717) is 12.3 Å². The van der Waals surface area contributed by atoms with Gasteiger partial charge in [-0.25, -0.2) is 13.1 Å². The lowest BCUT2D eigenvalue weighted by atomic mass is 9.94. The van der Waals surface area contributed by atoms with Gasteiger partial charge in [-0.3, -0.25) is 0 Å². The Balaban J connectivity index is 2.13. The second-order valence-electron chi connectivity index (χ2n) is 4.38. The van der Waals surface area contributed by atoms with E-state index in [9.17, 15) is 8.42 Å². The summed E-state index contributed by atoms with van der Waals surface area (Å²) in [6.07, 6.45) is 2.92. The minimum absolute atomic E-state index is 0.0778. The summed E-state index contributed by atoms with van der Waals surface area (Å²) in [5.74, 6) is 0.609. The van der Waals surface area contributed by atoms with Crippen LogP contribution in [-0.4, -0.2) is 21.0 Å². The lowest BCUT2D eigenvalue weighted by molar-refractivity contribution is 0.383. The standard InChI is InChI=1S/C11H17BrN2O3S/c1-2-13-7-9-6-10(11(12)17-9)18(15,16)14-8-4-3-5-8/h6,8,13-14H,2-5,7H2,1H3. The summed E-state index contributed by atoms with van der Waals surface area (Å²) >= 11 is 3.16. The molecule has 1 heterocycles. The molecule has 1 aliphatic carbocycles. The van der Waals surface area contributed by atoms with Crippen LogP contribution in [-0.2, 0) is 16.6 Å². The van der Waals surface area contributed by atoms with E-state index in [-0.39, 0.29) is 15.6 Å². The molecule has 2 rings (SSSR count). The monoisotopic (exact) mass is 336 g/mol. The Morgan fingerprint density at radius 3 is 2.78 bits per heavy atom. The zero-order valence-corrected chi connectivity index (χ0v) is 12.6. The van der Waals surface area contributed by atoms with Gasteiger partial charge in [0.25, 0.3) is 0 Å². The van der Waals surface area contributed by atoms with Crippen LogP contribution in [0.5, 0.6) is 0 Å². The first kappa shape index (κ1) is 14.0. The molecule has 1 fully saturated rings. The molecule has 2 N–H and O–H groups in total. The van der Waals surface area contributed by atoms with Crippen molar-refractivity contribution < 1.29 is 12.8 Å². The summed E-state index contributed by atoms with van der Waals surface area (Å²) in [7, 11) is -3.47. The van der Waals surface area contributed by atoms with Crippen molar-refractivity contribution in [2.75, 3.05) is 6.54 Å². The summed E-state index contributed by atoms with van der Waals surface area (Å²) in [5.41, 5.74) is 0. The number of sulfonamides is 1. The average Bonchev–Trinajstić information content (AvgIpc) is 2.63. The highest BCUT2D eigenvalue weighted by molar-refractivity contribution is 9.10. The predicted molar refractivity (Wildman–Crippen MR) is 71.7 cm³/mol. The zero-order valence-electron chi connectivity index (χ0n) is 10.2. The van der Waals surface area contributed by atoms with E-state index < -0.39 is 10.0 Å². The van der Waals surface area contributed by atoms with Crippen molar-refractivity contribution in [3.05, 3.63) is 16.5 Å². The molecule has 1 aromatic heterocycles. The lowest BCUT2D eigenvalue weighted by Gasteiger charge is -2.25. The van der Waals surface area contributed by atoms with E-state index in [1.165, 1.54) is 0 Å². The fourth-order valence-electron chi connectivity index (χ4n) is 1.73. The maximum atomic E-state index is 12.1. The molecule has 1 aliphatic rings. The van der Waals surface area contributed by atoms with Crippen LogP contribution in [0.2, 0.25) is 0 Å². The van der Waals surface area contributed by atoms with Gasteiger partial charge in [-0.05, 0) is 35.3 Å². The van der Waals surface area contributed by atoms with Gasteiger partial charge in [0.2, 0.25) is 10.0 Å². The van der Waals surface area contributed by atoms with Crippen LogP contribution in [0, 0.1) is 0 Å². The number of furan rings is 1. The van der Waals surface area contributed by atoms with Gasteiger partial charge in [-0.1, -0.05) is 13.3 Å². The Morgan fingerprint density at radius 2 is 2.22 bits per heavy atom. The molecule has 0 aromatic carbocycles. The summed E-state index contributed by atoms with van der Waals surface area (Å²) in [6, 6.07) is 1.64. The molecule has 0 unspecified atom stereocenters.